The summed E-state index contributed by atoms with van der Waals surface area (Å²) in [5.41, 5.74) is 2.11. The van der Waals surface area contributed by atoms with E-state index in [4.69, 9.17) is 4.74 Å². The quantitative estimate of drug-likeness (QED) is 0.541. The SMILES string of the molecule is CCN(CC)S(=O)(=O)c1ccc(C(=O)NCC(=O)OCC(=O)N2CCCc3ccccc32)cc1. The molecule has 0 radical (unpaired) electrons. The topological polar surface area (TPSA) is 113 Å². The lowest BCUT2D eigenvalue weighted by Gasteiger charge is -2.29. The van der Waals surface area contributed by atoms with Crippen LogP contribution in [0.4, 0.5) is 5.69 Å². The summed E-state index contributed by atoms with van der Waals surface area (Å²) in [5.74, 6) is -1.62. The first-order valence-electron chi connectivity index (χ1n) is 11.2. The second kappa shape index (κ2) is 11.3. The molecule has 1 heterocycles. The Hall–Kier alpha value is -3.24. The largest absolute Gasteiger partial charge is 0.454 e. The molecule has 182 valence electrons. The van der Waals surface area contributed by atoms with Crippen molar-refractivity contribution >= 4 is 33.5 Å². The van der Waals surface area contributed by atoms with E-state index in [1.165, 1.54) is 28.6 Å². The van der Waals surface area contributed by atoms with E-state index in [-0.39, 0.29) is 16.4 Å². The molecule has 0 saturated carbocycles. The molecule has 0 fully saturated rings. The first-order valence-corrected chi connectivity index (χ1v) is 12.6. The molecule has 0 unspecified atom stereocenters. The van der Waals surface area contributed by atoms with E-state index in [9.17, 15) is 22.8 Å². The van der Waals surface area contributed by atoms with Gasteiger partial charge in [-0.15, -0.1) is 0 Å². The number of benzene rings is 2. The van der Waals surface area contributed by atoms with Gasteiger partial charge in [0.2, 0.25) is 10.0 Å². The number of sulfonamides is 1. The normalized spacial score (nSPS) is 13.3. The van der Waals surface area contributed by atoms with E-state index in [1.807, 2.05) is 24.3 Å². The van der Waals surface area contributed by atoms with Gasteiger partial charge in [-0.3, -0.25) is 14.4 Å². The number of aryl methyl sites for hydroxylation is 1. The number of ether oxygens (including phenoxy) is 1. The molecule has 2 aromatic carbocycles. The highest BCUT2D eigenvalue weighted by Crippen LogP contribution is 2.26. The monoisotopic (exact) mass is 487 g/mol. The molecule has 0 spiro atoms. The van der Waals surface area contributed by atoms with Crippen LogP contribution in [0.1, 0.15) is 36.2 Å². The van der Waals surface area contributed by atoms with Gasteiger partial charge in [-0.1, -0.05) is 32.0 Å². The van der Waals surface area contributed by atoms with Crippen LogP contribution < -0.4 is 10.2 Å². The molecule has 1 aliphatic heterocycles. The van der Waals surface area contributed by atoms with Crippen LogP contribution in [0.2, 0.25) is 0 Å². The minimum absolute atomic E-state index is 0.0879. The molecule has 0 aromatic heterocycles. The van der Waals surface area contributed by atoms with Crippen LogP contribution in [-0.2, 0) is 30.8 Å². The number of amides is 2. The van der Waals surface area contributed by atoms with Crippen LogP contribution in [0.3, 0.4) is 0 Å². The number of carbonyl (C=O) groups is 3. The molecule has 1 aliphatic rings. The second-order valence-electron chi connectivity index (χ2n) is 7.73. The maximum Gasteiger partial charge on any atom is 0.325 e. The number of hydrogen-bond acceptors (Lipinski definition) is 6. The van der Waals surface area contributed by atoms with Crippen LogP contribution in [-0.4, -0.2) is 63.3 Å². The first-order chi connectivity index (χ1) is 16.3. The minimum Gasteiger partial charge on any atom is -0.454 e. The Morgan fingerprint density at radius 2 is 1.71 bits per heavy atom. The highest BCUT2D eigenvalue weighted by molar-refractivity contribution is 7.89. The third-order valence-electron chi connectivity index (χ3n) is 5.62. The van der Waals surface area contributed by atoms with Crippen molar-refractivity contribution in [2.24, 2.45) is 0 Å². The van der Waals surface area contributed by atoms with Gasteiger partial charge in [-0.25, -0.2) is 8.42 Å². The summed E-state index contributed by atoms with van der Waals surface area (Å²) in [6.45, 7) is 3.92. The smallest absolute Gasteiger partial charge is 0.325 e. The average molecular weight is 488 g/mol. The number of esters is 1. The molecule has 0 atom stereocenters. The number of nitrogens with one attached hydrogen (secondary N) is 1. The molecule has 3 rings (SSSR count). The lowest BCUT2D eigenvalue weighted by Crippen LogP contribution is -2.39. The highest BCUT2D eigenvalue weighted by Gasteiger charge is 2.24. The molecule has 1 N–H and O–H groups in total. The predicted octanol–water partition coefficient (Wildman–Crippen LogP) is 1.97. The fourth-order valence-electron chi connectivity index (χ4n) is 3.81. The van der Waals surface area contributed by atoms with E-state index in [0.29, 0.717) is 19.6 Å². The van der Waals surface area contributed by atoms with E-state index in [1.54, 1.807) is 18.7 Å². The molecular formula is C24H29N3O6S. The summed E-state index contributed by atoms with van der Waals surface area (Å²) in [6, 6.07) is 13.1. The second-order valence-corrected chi connectivity index (χ2v) is 9.67. The van der Waals surface area contributed by atoms with Gasteiger partial charge in [-0.2, -0.15) is 4.31 Å². The zero-order chi connectivity index (χ0) is 24.7. The molecular weight excluding hydrogens is 458 g/mol. The van der Waals surface area contributed by atoms with Crippen molar-refractivity contribution in [2.45, 2.75) is 31.6 Å². The van der Waals surface area contributed by atoms with Crippen LogP contribution in [0, 0.1) is 0 Å². The van der Waals surface area contributed by atoms with E-state index in [2.05, 4.69) is 5.32 Å². The zero-order valence-electron chi connectivity index (χ0n) is 19.3. The maximum atomic E-state index is 12.5. The average Bonchev–Trinajstić information content (AvgIpc) is 2.86. The Morgan fingerprint density at radius 3 is 2.38 bits per heavy atom. The van der Waals surface area contributed by atoms with Crippen LogP contribution in [0.15, 0.2) is 53.4 Å². The number of hydrogen-bond donors (Lipinski definition) is 1. The van der Waals surface area contributed by atoms with E-state index < -0.39 is 35.1 Å². The summed E-state index contributed by atoms with van der Waals surface area (Å²) < 4.78 is 31.4. The number of carbonyl (C=O) groups excluding carboxylic acids is 3. The van der Waals surface area contributed by atoms with Crippen LogP contribution in [0.5, 0.6) is 0 Å². The van der Waals surface area contributed by atoms with E-state index in [0.717, 1.165) is 24.1 Å². The van der Waals surface area contributed by atoms with Gasteiger partial charge in [0.05, 0.1) is 4.90 Å². The molecule has 0 bridgehead atoms. The van der Waals surface area contributed by atoms with Crippen molar-refractivity contribution < 1.29 is 27.5 Å². The summed E-state index contributed by atoms with van der Waals surface area (Å²) in [6.07, 6.45) is 1.73. The van der Waals surface area contributed by atoms with Gasteiger partial charge in [-0.05, 0) is 48.7 Å². The van der Waals surface area contributed by atoms with Crippen LogP contribution in [0.25, 0.3) is 0 Å². The molecule has 34 heavy (non-hydrogen) atoms. The molecule has 0 aliphatic carbocycles. The third-order valence-corrected chi connectivity index (χ3v) is 7.69. The maximum absolute atomic E-state index is 12.5. The van der Waals surface area contributed by atoms with Crippen molar-refractivity contribution in [1.29, 1.82) is 0 Å². The third kappa shape index (κ3) is 5.81. The number of nitrogens with zero attached hydrogens (tertiary/aromatic N) is 2. The van der Waals surface area contributed by atoms with Crippen molar-refractivity contribution in [2.75, 3.05) is 37.7 Å². The van der Waals surface area contributed by atoms with Crippen molar-refractivity contribution in [3.05, 3.63) is 59.7 Å². The Bertz CT molecular complexity index is 1140. The first kappa shape index (κ1) is 25.4. The molecule has 9 nitrogen and oxygen atoms in total. The highest BCUT2D eigenvalue weighted by atomic mass is 32.2. The molecule has 10 heteroatoms. The fourth-order valence-corrected chi connectivity index (χ4v) is 5.27. The lowest BCUT2D eigenvalue weighted by molar-refractivity contribution is -0.146. The van der Waals surface area contributed by atoms with Gasteiger partial charge < -0.3 is 15.0 Å². The summed E-state index contributed by atoms with van der Waals surface area (Å²) in [4.78, 5) is 38.6. The number of fused-ring (bicyclic) bond motifs is 1. The lowest BCUT2D eigenvalue weighted by atomic mass is 10.0. The van der Waals surface area contributed by atoms with Crippen LogP contribution >= 0.6 is 0 Å². The van der Waals surface area contributed by atoms with E-state index >= 15 is 0 Å². The standard InChI is InChI=1S/C24H29N3O6S/c1-3-26(4-2)34(31,32)20-13-11-19(12-14-20)24(30)25-16-23(29)33-17-22(28)27-15-7-9-18-8-5-6-10-21(18)27/h5-6,8,10-14H,3-4,7,9,15-17H2,1-2H3,(H,25,30). The number of anilines is 1. The predicted molar refractivity (Wildman–Crippen MR) is 127 cm³/mol. The van der Waals surface area contributed by atoms with Gasteiger partial charge in [0.1, 0.15) is 6.54 Å². The minimum atomic E-state index is -3.62. The summed E-state index contributed by atoms with van der Waals surface area (Å²) >= 11 is 0. The Labute approximate surface area is 199 Å². The van der Waals surface area contributed by atoms with Gasteiger partial charge in [0.15, 0.2) is 6.61 Å². The summed E-state index contributed by atoms with van der Waals surface area (Å²) in [7, 11) is -3.62. The molecule has 2 aromatic rings. The number of rotatable bonds is 9. The zero-order valence-corrected chi connectivity index (χ0v) is 20.1. The molecule has 0 saturated heterocycles. The molecule has 2 amide bonds. The number of para-hydroxylation sites is 1. The Balaban J connectivity index is 1.50. The Morgan fingerprint density at radius 1 is 1.03 bits per heavy atom. The Kier molecular flexibility index (Phi) is 8.41. The van der Waals surface area contributed by atoms with Gasteiger partial charge in [0.25, 0.3) is 11.8 Å². The fraction of sp³-hybridized carbons (Fsp3) is 0.375. The summed E-state index contributed by atoms with van der Waals surface area (Å²) in [5, 5.41) is 2.42. The van der Waals surface area contributed by atoms with Crippen molar-refractivity contribution in [1.82, 2.24) is 9.62 Å². The van der Waals surface area contributed by atoms with Gasteiger partial charge >= 0.3 is 5.97 Å². The van der Waals surface area contributed by atoms with Crippen molar-refractivity contribution in [3.8, 4) is 0 Å². The van der Waals surface area contributed by atoms with Crippen molar-refractivity contribution in [3.63, 3.8) is 0 Å². The van der Waals surface area contributed by atoms with Gasteiger partial charge in [0, 0.05) is 30.9 Å².